The minimum Gasteiger partial charge on any atom is -0.458 e. The van der Waals surface area contributed by atoms with Gasteiger partial charge in [-0.1, -0.05) is 11.6 Å². The summed E-state index contributed by atoms with van der Waals surface area (Å²) >= 11 is 6.38. The molecule has 2 N–H and O–H groups in total. The van der Waals surface area contributed by atoms with Gasteiger partial charge in [-0.3, -0.25) is 9.59 Å². The van der Waals surface area contributed by atoms with E-state index in [1.54, 1.807) is 32.9 Å². The molecular weight excluding hydrogens is 414 g/mol. The number of hydrogen-bond acceptors (Lipinski definition) is 7. The largest absolute Gasteiger partial charge is 0.458 e. The molecule has 1 aliphatic rings. The van der Waals surface area contributed by atoms with Crippen molar-refractivity contribution >= 4 is 40.8 Å². The highest BCUT2D eigenvalue weighted by Gasteiger charge is 2.47. The highest BCUT2D eigenvalue weighted by Crippen LogP contribution is 2.31. The quantitative estimate of drug-likeness (QED) is 0.523. The molecule has 0 aliphatic carbocycles. The van der Waals surface area contributed by atoms with Crippen LogP contribution in [0, 0.1) is 0 Å². The highest BCUT2D eigenvalue weighted by atomic mass is 35.5. The van der Waals surface area contributed by atoms with Crippen LogP contribution in [0.4, 0.5) is 11.4 Å². The summed E-state index contributed by atoms with van der Waals surface area (Å²) in [5.41, 5.74) is 4.19. The molecule has 0 saturated carbocycles. The van der Waals surface area contributed by atoms with Gasteiger partial charge in [0, 0.05) is 26.4 Å². The maximum absolute atomic E-state index is 13.1. The molecule has 1 saturated heterocycles. The Hall–Kier alpha value is -2.20. The van der Waals surface area contributed by atoms with Crippen molar-refractivity contribution in [1.82, 2.24) is 0 Å². The standard InChI is InChI=1S/C20H28ClN3O6/c1-19(2,3)30-18(27)20(22,12-28-5)17(26)23(4)13-6-7-15(14(21)10-13)24-8-9-29-11-16(24)25/h6-7,10H,8-9,11-12,22H2,1-5H3/t20-/m1/s1. The summed E-state index contributed by atoms with van der Waals surface area (Å²) < 4.78 is 15.5. The van der Waals surface area contributed by atoms with Crippen LogP contribution in [0.3, 0.4) is 0 Å². The van der Waals surface area contributed by atoms with Crippen molar-refractivity contribution in [3.63, 3.8) is 0 Å². The number of benzene rings is 1. The van der Waals surface area contributed by atoms with E-state index in [1.807, 2.05) is 0 Å². The fourth-order valence-electron chi connectivity index (χ4n) is 2.92. The van der Waals surface area contributed by atoms with Crippen molar-refractivity contribution in [2.45, 2.75) is 31.9 Å². The summed E-state index contributed by atoms with van der Waals surface area (Å²) in [6, 6.07) is 4.77. The lowest BCUT2D eigenvalue weighted by Gasteiger charge is -2.33. The third-order valence-electron chi connectivity index (χ3n) is 4.42. The van der Waals surface area contributed by atoms with Crippen molar-refractivity contribution in [1.29, 1.82) is 0 Å². The second kappa shape index (κ2) is 9.30. The first kappa shape index (κ1) is 24.1. The number of rotatable bonds is 6. The minimum absolute atomic E-state index is 0.0148. The Labute approximate surface area is 181 Å². The van der Waals surface area contributed by atoms with Crippen molar-refractivity contribution in [3.05, 3.63) is 23.2 Å². The lowest BCUT2D eigenvalue weighted by Crippen LogP contribution is -2.64. The summed E-state index contributed by atoms with van der Waals surface area (Å²) in [6.07, 6.45) is 0. The van der Waals surface area contributed by atoms with Gasteiger partial charge in [0.25, 0.3) is 11.8 Å². The number of carbonyl (C=O) groups excluding carboxylic acids is 3. The normalized spacial score (nSPS) is 16.8. The maximum Gasteiger partial charge on any atom is 0.338 e. The molecule has 0 aromatic heterocycles. The van der Waals surface area contributed by atoms with Gasteiger partial charge in [-0.2, -0.15) is 0 Å². The Balaban J connectivity index is 2.29. The van der Waals surface area contributed by atoms with Gasteiger partial charge in [-0.05, 0) is 39.0 Å². The topological polar surface area (TPSA) is 111 Å². The molecule has 0 bridgehead atoms. The number of halogens is 1. The van der Waals surface area contributed by atoms with Crippen LogP contribution in [0.15, 0.2) is 18.2 Å². The molecule has 2 rings (SSSR count). The molecule has 2 amide bonds. The number of amides is 2. The van der Waals surface area contributed by atoms with Gasteiger partial charge in [0.2, 0.25) is 5.54 Å². The first-order chi connectivity index (χ1) is 13.9. The van der Waals surface area contributed by atoms with E-state index < -0.39 is 23.0 Å². The molecule has 0 radical (unpaired) electrons. The number of hydrogen-bond donors (Lipinski definition) is 1. The van der Waals surface area contributed by atoms with Crippen molar-refractivity contribution in [2.75, 3.05) is 50.3 Å². The van der Waals surface area contributed by atoms with Crippen LogP contribution in [-0.2, 0) is 28.6 Å². The molecule has 1 atom stereocenters. The predicted molar refractivity (Wildman–Crippen MR) is 113 cm³/mol. The number of methoxy groups -OCH3 is 1. The molecule has 166 valence electrons. The molecule has 0 unspecified atom stereocenters. The van der Waals surface area contributed by atoms with Gasteiger partial charge in [-0.25, -0.2) is 4.79 Å². The minimum atomic E-state index is -2.04. The van der Waals surface area contributed by atoms with Crippen LogP contribution in [0.2, 0.25) is 5.02 Å². The molecule has 1 fully saturated rings. The second-order valence-electron chi connectivity index (χ2n) is 8.00. The van der Waals surface area contributed by atoms with Gasteiger partial charge in [-0.15, -0.1) is 0 Å². The number of morpholine rings is 1. The number of nitrogens with zero attached hydrogens (tertiary/aromatic N) is 2. The third-order valence-corrected chi connectivity index (χ3v) is 4.72. The maximum atomic E-state index is 13.1. The van der Waals surface area contributed by atoms with E-state index in [0.29, 0.717) is 24.5 Å². The Morgan fingerprint density at radius 1 is 1.33 bits per heavy atom. The molecule has 30 heavy (non-hydrogen) atoms. The molecule has 1 aromatic rings. The monoisotopic (exact) mass is 441 g/mol. The smallest absolute Gasteiger partial charge is 0.338 e. The van der Waals surface area contributed by atoms with E-state index in [4.69, 9.17) is 31.5 Å². The number of anilines is 2. The molecule has 9 nitrogen and oxygen atoms in total. The van der Waals surface area contributed by atoms with Crippen molar-refractivity contribution < 1.29 is 28.6 Å². The van der Waals surface area contributed by atoms with E-state index in [0.717, 1.165) is 0 Å². The van der Waals surface area contributed by atoms with E-state index in [1.165, 1.54) is 30.0 Å². The molecule has 1 aromatic carbocycles. The zero-order valence-electron chi connectivity index (χ0n) is 17.9. The number of nitrogens with two attached hydrogens (primary N) is 1. The second-order valence-corrected chi connectivity index (χ2v) is 8.41. The first-order valence-corrected chi connectivity index (χ1v) is 9.75. The third kappa shape index (κ3) is 5.28. The molecule has 1 heterocycles. The average Bonchev–Trinajstić information content (AvgIpc) is 2.66. The Morgan fingerprint density at radius 3 is 2.53 bits per heavy atom. The van der Waals surface area contributed by atoms with Gasteiger partial charge in [0.05, 0.1) is 23.9 Å². The predicted octanol–water partition coefficient (Wildman–Crippen LogP) is 1.35. The lowest BCUT2D eigenvalue weighted by atomic mass is 9.99. The Morgan fingerprint density at radius 2 is 2.00 bits per heavy atom. The van der Waals surface area contributed by atoms with Crippen LogP contribution in [0.1, 0.15) is 20.8 Å². The zero-order valence-corrected chi connectivity index (χ0v) is 18.6. The van der Waals surface area contributed by atoms with Crippen LogP contribution >= 0.6 is 11.6 Å². The first-order valence-electron chi connectivity index (χ1n) is 9.38. The van der Waals surface area contributed by atoms with Crippen LogP contribution in [-0.4, -0.2) is 69.4 Å². The summed E-state index contributed by atoms with van der Waals surface area (Å²) in [7, 11) is 2.81. The number of esters is 1. The van der Waals surface area contributed by atoms with Gasteiger partial charge < -0.3 is 29.7 Å². The van der Waals surface area contributed by atoms with Gasteiger partial charge >= 0.3 is 5.97 Å². The summed E-state index contributed by atoms with van der Waals surface area (Å²) in [6.45, 7) is 5.45. The van der Waals surface area contributed by atoms with Gasteiger partial charge in [0.1, 0.15) is 12.2 Å². The highest BCUT2D eigenvalue weighted by molar-refractivity contribution is 6.34. The van der Waals surface area contributed by atoms with E-state index in [9.17, 15) is 14.4 Å². The average molecular weight is 442 g/mol. The molecule has 0 spiro atoms. The summed E-state index contributed by atoms with van der Waals surface area (Å²) in [4.78, 5) is 40.6. The number of carbonyl (C=O) groups is 3. The summed E-state index contributed by atoms with van der Waals surface area (Å²) in [5.74, 6) is -1.81. The van der Waals surface area contributed by atoms with E-state index in [-0.39, 0.29) is 24.1 Å². The fourth-order valence-corrected chi connectivity index (χ4v) is 3.19. The molecule has 1 aliphatic heterocycles. The Bertz CT molecular complexity index is 825. The van der Waals surface area contributed by atoms with Crippen LogP contribution < -0.4 is 15.5 Å². The van der Waals surface area contributed by atoms with E-state index in [2.05, 4.69) is 0 Å². The van der Waals surface area contributed by atoms with Crippen molar-refractivity contribution in [3.8, 4) is 0 Å². The molecular formula is C20H28ClN3O6. The summed E-state index contributed by atoms with van der Waals surface area (Å²) in [5, 5.41) is 0.272. The fraction of sp³-hybridized carbons (Fsp3) is 0.550. The van der Waals surface area contributed by atoms with Crippen LogP contribution in [0.5, 0.6) is 0 Å². The zero-order chi connectivity index (χ0) is 22.7. The van der Waals surface area contributed by atoms with E-state index >= 15 is 0 Å². The molecule has 10 heteroatoms. The number of ether oxygens (including phenoxy) is 3. The Kier molecular flexibility index (Phi) is 7.46. The van der Waals surface area contributed by atoms with Crippen LogP contribution in [0.25, 0.3) is 0 Å². The van der Waals surface area contributed by atoms with Gasteiger partial charge in [0.15, 0.2) is 0 Å². The van der Waals surface area contributed by atoms with Crippen molar-refractivity contribution in [2.24, 2.45) is 5.73 Å². The SMILES string of the molecule is COC[C@](N)(C(=O)OC(C)(C)C)C(=O)N(C)c1ccc(N2CCOCC2=O)c(Cl)c1. The number of likely N-dealkylation sites (N-methyl/N-ethyl adjacent to an activating group) is 1. The lowest BCUT2D eigenvalue weighted by molar-refractivity contribution is -0.166.